The van der Waals surface area contributed by atoms with Gasteiger partial charge in [0.2, 0.25) is 0 Å². The summed E-state index contributed by atoms with van der Waals surface area (Å²) in [4.78, 5) is 0. The molecule has 90 valence electrons. The molecule has 1 aliphatic carbocycles. The van der Waals surface area contributed by atoms with Crippen molar-refractivity contribution in [1.82, 2.24) is 5.32 Å². The van der Waals surface area contributed by atoms with Crippen molar-refractivity contribution in [3.05, 3.63) is 0 Å². The molecule has 0 aliphatic heterocycles. The molecule has 0 bridgehead atoms. The second-order valence-electron chi connectivity index (χ2n) is 5.04. The first kappa shape index (κ1) is 13.0. The van der Waals surface area contributed by atoms with Crippen molar-refractivity contribution in [2.75, 3.05) is 19.7 Å². The van der Waals surface area contributed by atoms with Crippen molar-refractivity contribution in [2.45, 2.75) is 52.6 Å². The standard InChI is InChI=1S/C13H27NO/c1-4-8-14-9-12-6-5-7-13(12)10-15-11(2)3/h11-14H,4-10H2,1-3H3. The highest BCUT2D eigenvalue weighted by atomic mass is 16.5. The molecule has 0 heterocycles. The Balaban J connectivity index is 2.17. The number of hydrogen-bond acceptors (Lipinski definition) is 2. The van der Waals surface area contributed by atoms with Crippen LogP contribution in [0.1, 0.15) is 46.5 Å². The topological polar surface area (TPSA) is 21.3 Å². The van der Waals surface area contributed by atoms with E-state index >= 15 is 0 Å². The maximum Gasteiger partial charge on any atom is 0.0519 e. The second kappa shape index (κ2) is 7.24. The minimum Gasteiger partial charge on any atom is -0.378 e. The SMILES string of the molecule is CCCNCC1CCCC1COC(C)C. The third kappa shape index (κ3) is 4.98. The van der Waals surface area contributed by atoms with E-state index < -0.39 is 0 Å². The van der Waals surface area contributed by atoms with Gasteiger partial charge in [0.15, 0.2) is 0 Å². The maximum absolute atomic E-state index is 5.73. The van der Waals surface area contributed by atoms with E-state index in [4.69, 9.17) is 4.74 Å². The predicted octanol–water partition coefficient (Wildman–Crippen LogP) is 2.83. The first-order valence-corrected chi connectivity index (χ1v) is 6.56. The van der Waals surface area contributed by atoms with Crippen LogP contribution in [0.5, 0.6) is 0 Å². The molecule has 1 rings (SSSR count). The lowest BCUT2D eigenvalue weighted by Gasteiger charge is -2.21. The van der Waals surface area contributed by atoms with Crippen molar-refractivity contribution in [1.29, 1.82) is 0 Å². The first-order chi connectivity index (χ1) is 7.24. The van der Waals surface area contributed by atoms with Crippen LogP contribution in [0.2, 0.25) is 0 Å². The Kier molecular flexibility index (Phi) is 6.26. The third-order valence-electron chi connectivity index (χ3n) is 3.29. The molecular weight excluding hydrogens is 186 g/mol. The highest BCUT2D eigenvalue weighted by molar-refractivity contribution is 4.79. The van der Waals surface area contributed by atoms with Gasteiger partial charge >= 0.3 is 0 Å². The Morgan fingerprint density at radius 2 is 2.00 bits per heavy atom. The van der Waals surface area contributed by atoms with Gasteiger partial charge in [0.25, 0.3) is 0 Å². The largest absolute Gasteiger partial charge is 0.378 e. The Morgan fingerprint density at radius 3 is 2.67 bits per heavy atom. The number of nitrogens with one attached hydrogen (secondary N) is 1. The zero-order valence-electron chi connectivity index (χ0n) is 10.6. The second-order valence-corrected chi connectivity index (χ2v) is 5.04. The molecule has 0 aromatic carbocycles. The van der Waals surface area contributed by atoms with Gasteiger partial charge in [-0.1, -0.05) is 13.3 Å². The van der Waals surface area contributed by atoms with Crippen LogP contribution in [0.25, 0.3) is 0 Å². The van der Waals surface area contributed by atoms with Gasteiger partial charge in [-0.3, -0.25) is 0 Å². The normalized spacial score (nSPS) is 26.4. The summed E-state index contributed by atoms with van der Waals surface area (Å²) in [6.07, 6.45) is 5.77. The fourth-order valence-electron chi connectivity index (χ4n) is 2.38. The molecule has 0 spiro atoms. The van der Waals surface area contributed by atoms with Gasteiger partial charge in [-0.05, 0) is 58.0 Å². The summed E-state index contributed by atoms with van der Waals surface area (Å²) in [6.45, 7) is 9.80. The molecule has 1 N–H and O–H groups in total. The van der Waals surface area contributed by atoms with E-state index in [1.807, 2.05) is 0 Å². The molecule has 2 unspecified atom stereocenters. The molecule has 1 saturated carbocycles. The Morgan fingerprint density at radius 1 is 1.27 bits per heavy atom. The fraction of sp³-hybridized carbons (Fsp3) is 1.00. The van der Waals surface area contributed by atoms with E-state index in [9.17, 15) is 0 Å². The average molecular weight is 213 g/mol. The molecule has 0 saturated heterocycles. The molecule has 0 radical (unpaired) electrons. The summed E-state index contributed by atoms with van der Waals surface area (Å²) in [5.41, 5.74) is 0. The fourth-order valence-corrected chi connectivity index (χ4v) is 2.38. The minimum atomic E-state index is 0.384. The van der Waals surface area contributed by atoms with E-state index in [1.54, 1.807) is 0 Å². The van der Waals surface area contributed by atoms with Crippen molar-refractivity contribution < 1.29 is 4.74 Å². The molecule has 15 heavy (non-hydrogen) atoms. The van der Waals surface area contributed by atoms with Crippen molar-refractivity contribution in [2.24, 2.45) is 11.8 Å². The van der Waals surface area contributed by atoms with E-state index in [-0.39, 0.29) is 0 Å². The molecule has 2 heteroatoms. The monoisotopic (exact) mass is 213 g/mol. The summed E-state index contributed by atoms with van der Waals surface area (Å²) in [5, 5.41) is 3.54. The van der Waals surface area contributed by atoms with Crippen molar-refractivity contribution in [3.63, 3.8) is 0 Å². The van der Waals surface area contributed by atoms with Crippen LogP contribution < -0.4 is 5.32 Å². The van der Waals surface area contributed by atoms with Crippen molar-refractivity contribution >= 4 is 0 Å². The lowest BCUT2D eigenvalue weighted by molar-refractivity contribution is 0.0412. The van der Waals surface area contributed by atoms with E-state index in [1.165, 1.54) is 32.2 Å². The number of rotatable bonds is 7. The van der Waals surface area contributed by atoms with Gasteiger partial charge in [-0.15, -0.1) is 0 Å². The highest BCUT2D eigenvalue weighted by Crippen LogP contribution is 2.31. The molecule has 2 atom stereocenters. The average Bonchev–Trinajstić information content (AvgIpc) is 2.63. The minimum absolute atomic E-state index is 0.384. The van der Waals surface area contributed by atoms with Crippen LogP contribution in [0, 0.1) is 11.8 Å². The van der Waals surface area contributed by atoms with Gasteiger partial charge in [0.05, 0.1) is 12.7 Å². The third-order valence-corrected chi connectivity index (χ3v) is 3.29. The van der Waals surface area contributed by atoms with Gasteiger partial charge in [0.1, 0.15) is 0 Å². The zero-order chi connectivity index (χ0) is 11.1. The summed E-state index contributed by atoms with van der Waals surface area (Å²) < 4.78 is 5.73. The highest BCUT2D eigenvalue weighted by Gasteiger charge is 2.26. The molecule has 1 aliphatic rings. The molecule has 1 fully saturated rings. The van der Waals surface area contributed by atoms with Gasteiger partial charge in [-0.25, -0.2) is 0 Å². The van der Waals surface area contributed by atoms with Crippen LogP contribution in [0.15, 0.2) is 0 Å². The lowest BCUT2D eigenvalue weighted by Crippen LogP contribution is -2.28. The van der Waals surface area contributed by atoms with Crippen LogP contribution in [-0.4, -0.2) is 25.8 Å². The maximum atomic E-state index is 5.73. The Labute approximate surface area is 94.8 Å². The van der Waals surface area contributed by atoms with Crippen LogP contribution >= 0.6 is 0 Å². The van der Waals surface area contributed by atoms with Crippen molar-refractivity contribution in [3.8, 4) is 0 Å². The van der Waals surface area contributed by atoms with Crippen LogP contribution in [0.4, 0.5) is 0 Å². The first-order valence-electron chi connectivity index (χ1n) is 6.56. The molecule has 2 nitrogen and oxygen atoms in total. The molecular formula is C13H27NO. The van der Waals surface area contributed by atoms with Crippen LogP contribution in [0.3, 0.4) is 0 Å². The summed E-state index contributed by atoms with van der Waals surface area (Å²) in [6, 6.07) is 0. The molecule has 0 aromatic heterocycles. The van der Waals surface area contributed by atoms with Gasteiger partial charge in [-0.2, -0.15) is 0 Å². The lowest BCUT2D eigenvalue weighted by atomic mass is 9.97. The van der Waals surface area contributed by atoms with E-state index in [0.717, 1.165) is 25.0 Å². The molecule has 0 aromatic rings. The smallest absolute Gasteiger partial charge is 0.0519 e. The Bertz CT molecular complexity index is 159. The number of hydrogen-bond donors (Lipinski definition) is 1. The number of ether oxygens (including phenoxy) is 1. The Hall–Kier alpha value is -0.0800. The van der Waals surface area contributed by atoms with E-state index in [0.29, 0.717) is 6.10 Å². The molecule has 0 amide bonds. The van der Waals surface area contributed by atoms with Gasteiger partial charge in [0, 0.05) is 0 Å². The summed E-state index contributed by atoms with van der Waals surface area (Å²) >= 11 is 0. The quantitative estimate of drug-likeness (QED) is 0.657. The van der Waals surface area contributed by atoms with Gasteiger partial charge < -0.3 is 10.1 Å². The summed E-state index contributed by atoms with van der Waals surface area (Å²) in [5.74, 6) is 1.66. The van der Waals surface area contributed by atoms with Crippen LogP contribution in [-0.2, 0) is 4.74 Å². The van der Waals surface area contributed by atoms with E-state index in [2.05, 4.69) is 26.1 Å². The zero-order valence-corrected chi connectivity index (χ0v) is 10.6. The predicted molar refractivity (Wildman–Crippen MR) is 65.1 cm³/mol. The summed E-state index contributed by atoms with van der Waals surface area (Å²) in [7, 11) is 0.